The van der Waals surface area contributed by atoms with Crippen molar-refractivity contribution in [2.45, 2.75) is 52.9 Å². The summed E-state index contributed by atoms with van der Waals surface area (Å²) in [4.78, 5) is 0. The summed E-state index contributed by atoms with van der Waals surface area (Å²) in [5.41, 5.74) is 4.05. The Hall–Kier alpha value is -1.04. The molecule has 0 aliphatic carbocycles. The Balaban J connectivity index is 2.37. The molecule has 1 aromatic rings. The van der Waals surface area contributed by atoms with Crippen molar-refractivity contribution >= 4 is 6.08 Å². The van der Waals surface area contributed by atoms with Crippen LogP contribution in [0.3, 0.4) is 0 Å². The van der Waals surface area contributed by atoms with E-state index >= 15 is 0 Å². The average molecular weight is 216 g/mol. The lowest BCUT2D eigenvalue weighted by Gasteiger charge is -2.00. The van der Waals surface area contributed by atoms with Crippen LogP contribution in [0.15, 0.2) is 24.3 Å². The van der Waals surface area contributed by atoms with Crippen molar-refractivity contribution in [3.05, 3.63) is 41.0 Å². The summed E-state index contributed by atoms with van der Waals surface area (Å²) in [6, 6.07) is 6.71. The number of allylic oxidation sites excluding steroid dienone is 1. The van der Waals surface area contributed by atoms with Gasteiger partial charge in [-0.1, -0.05) is 67.7 Å². The second-order valence-electron chi connectivity index (χ2n) is 4.67. The van der Waals surface area contributed by atoms with Gasteiger partial charge in [0.25, 0.3) is 0 Å². The molecule has 0 fully saturated rings. The van der Waals surface area contributed by atoms with Crippen LogP contribution in [-0.2, 0) is 0 Å². The van der Waals surface area contributed by atoms with Gasteiger partial charge < -0.3 is 0 Å². The topological polar surface area (TPSA) is 0 Å². The van der Waals surface area contributed by atoms with Gasteiger partial charge in [0.2, 0.25) is 0 Å². The molecule has 0 N–H and O–H groups in total. The molecule has 0 aliphatic rings. The Morgan fingerprint density at radius 3 is 2.25 bits per heavy atom. The minimum absolute atomic E-state index is 1.22. The van der Waals surface area contributed by atoms with E-state index in [4.69, 9.17) is 0 Å². The summed E-state index contributed by atoms with van der Waals surface area (Å²) >= 11 is 0. The van der Waals surface area contributed by atoms with Crippen LogP contribution in [0.4, 0.5) is 0 Å². The highest BCUT2D eigenvalue weighted by Crippen LogP contribution is 2.11. The Morgan fingerprint density at radius 1 is 0.938 bits per heavy atom. The zero-order chi connectivity index (χ0) is 11.8. The number of aryl methyl sites for hydroxylation is 2. The predicted molar refractivity (Wildman–Crippen MR) is 73.7 cm³/mol. The van der Waals surface area contributed by atoms with Crippen molar-refractivity contribution in [1.29, 1.82) is 0 Å². The van der Waals surface area contributed by atoms with Gasteiger partial charge >= 0.3 is 0 Å². The molecule has 0 aromatic heterocycles. The lowest BCUT2D eigenvalue weighted by Crippen LogP contribution is -1.80. The van der Waals surface area contributed by atoms with Gasteiger partial charge in [-0.05, 0) is 32.3 Å². The van der Waals surface area contributed by atoms with Crippen LogP contribution in [0, 0.1) is 13.8 Å². The molecule has 88 valence electrons. The largest absolute Gasteiger partial charge is 0.0839 e. The Morgan fingerprint density at radius 2 is 1.62 bits per heavy atom. The average Bonchev–Trinajstić information content (AvgIpc) is 2.22. The van der Waals surface area contributed by atoms with Gasteiger partial charge in [-0.15, -0.1) is 0 Å². The number of rotatable bonds is 6. The van der Waals surface area contributed by atoms with Crippen molar-refractivity contribution in [2.24, 2.45) is 0 Å². The zero-order valence-electron chi connectivity index (χ0n) is 10.9. The predicted octanol–water partition coefficient (Wildman–Crippen LogP) is 5.29. The summed E-state index contributed by atoms with van der Waals surface area (Å²) in [5, 5.41) is 0. The smallest absolute Gasteiger partial charge is 0.0255 e. The third kappa shape index (κ3) is 5.16. The van der Waals surface area contributed by atoms with Crippen LogP contribution < -0.4 is 0 Å². The SMILES string of the molecule is CCCCCC/C=C/c1cc(C)cc(C)c1. The third-order valence-corrected chi connectivity index (χ3v) is 2.78. The summed E-state index contributed by atoms with van der Waals surface area (Å²) in [5.74, 6) is 0. The highest BCUT2D eigenvalue weighted by Gasteiger charge is 1.91. The van der Waals surface area contributed by atoms with Crippen LogP contribution in [0.1, 0.15) is 55.7 Å². The Kier molecular flexibility index (Phi) is 5.92. The molecule has 0 heteroatoms. The van der Waals surface area contributed by atoms with Crippen LogP contribution in [0.25, 0.3) is 6.08 Å². The molecular formula is C16H24. The maximum atomic E-state index is 2.31. The fraction of sp³-hybridized carbons (Fsp3) is 0.500. The number of hydrogen-bond donors (Lipinski definition) is 0. The van der Waals surface area contributed by atoms with Crippen molar-refractivity contribution in [2.75, 3.05) is 0 Å². The van der Waals surface area contributed by atoms with E-state index in [-0.39, 0.29) is 0 Å². The van der Waals surface area contributed by atoms with E-state index in [9.17, 15) is 0 Å². The van der Waals surface area contributed by atoms with Crippen LogP contribution >= 0.6 is 0 Å². The van der Waals surface area contributed by atoms with Crippen molar-refractivity contribution in [3.8, 4) is 0 Å². The van der Waals surface area contributed by atoms with Gasteiger partial charge in [0.05, 0.1) is 0 Å². The van der Waals surface area contributed by atoms with Gasteiger partial charge in [-0.25, -0.2) is 0 Å². The number of hydrogen-bond acceptors (Lipinski definition) is 0. The summed E-state index contributed by atoms with van der Waals surface area (Å²) in [6.07, 6.45) is 11.2. The molecular weight excluding hydrogens is 192 g/mol. The normalized spacial score (nSPS) is 11.2. The molecule has 0 saturated heterocycles. The van der Waals surface area contributed by atoms with E-state index < -0.39 is 0 Å². The van der Waals surface area contributed by atoms with Crippen LogP contribution in [0.5, 0.6) is 0 Å². The molecule has 1 rings (SSSR count). The minimum Gasteiger partial charge on any atom is -0.0839 e. The Labute approximate surface area is 100 Å². The maximum Gasteiger partial charge on any atom is -0.0255 e. The molecule has 1 aromatic carbocycles. The lowest BCUT2D eigenvalue weighted by molar-refractivity contribution is 0.675. The van der Waals surface area contributed by atoms with E-state index in [2.05, 4.69) is 51.1 Å². The first-order chi connectivity index (χ1) is 7.72. The van der Waals surface area contributed by atoms with Crippen molar-refractivity contribution in [1.82, 2.24) is 0 Å². The highest BCUT2D eigenvalue weighted by atomic mass is 14.0. The Bertz CT molecular complexity index is 314. The van der Waals surface area contributed by atoms with Crippen LogP contribution in [-0.4, -0.2) is 0 Å². The molecule has 0 bridgehead atoms. The second-order valence-corrected chi connectivity index (χ2v) is 4.67. The fourth-order valence-corrected chi connectivity index (χ4v) is 2.01. The van der Waals surface area contributed by atoms with E-state index in [0.29, 0.717) is 0 Å². The quantitative estimate of drug-likeness (QED) is 0.567. The molecule has 0 atom stereocenters. The molecule has 0 aliphatic heterocycles. The first kappa shape index (κ1) is 13.0. The maximum absolute atomic E-state index is 2.31. The lowest BCUT2D eigenvalue weighted by atomic mass is 10.1. The summed E-state index contributed by atoms with van der Waals surface area (Å²) in [6.45, 7) is 6.57. The van der Waals surface area contributed by atoms with Gasteiger partial charge in [-0.2, -0.15) is 0 Å². The highest BCUT2D eigenvalue weighted by molar-refractivity contribution is 5.51. The first-order valence-corrected chi connectivity index (χ1v) is 6.47. The first-order valence-electron chi connectivity index (χ1n) is 6.47. The molecule has 0 unspecified atom stereocenters. The molecule has 0 radical (unpaired) electrons. The standard InChI is InChI=1S/C16H24/c1-4-5-6-7-8-9-10-16-12-14(2)11-15(3)13-16/h9-13H,4-8H2,1-3H3/b10-9+. The van der Waals surface area contributed by atoms with E-state index in [0.717, 1.165) is 0 Å². The molecule has 0 heterocycles. The molecule has 0 saturated carbocycles. The molecule has 0 spiro atoms. The van der Waals surface area contributed by atoms with Gasteiger partial charge in [0.1, 0.15) is 0 Å². The van der Waals surface area contributed by atoms with Crippen molar-refractivity contribution < 1.29 is 0 Å². The zero-order valence-corrected chi connectivity index (χ0v) is 10.9. The molecule has 16 heavy (non-hydrogen) atoms. The van der Waals surface area contributed by atoms with E-state index in [1.807, 2.05) is 0 Å². The van der Waals surface area contributed by atoms with E-state index in [1.165, 1.54) is 48.8 Å². The number of benzene rings is 1. The second kappa shape index (κ2) is 7.27. The monoisotopic (exact) mass is 216 g/mol. The van der Waals surface area contributed by atoms with Crippen LogP contribution in [0.2, 0.25) is 0 Å². The molecule has 0 amide bonds. The minimum atomic E-state index is 1.22. The summed E-state index contributed by atoms with van der Waals surface area (Å²) < 4.78 is 0. The van der Waals surface area contributed by atoms with E-state index in [1.54, 1.807) is 0 Å². The van der Waals surface area contributed by atoms with Gasteiger partial charge in [0.15, 0.2) is 0 Å². The summed E-state index contributed by atoms with van der Waals surface area (Å²) in [7, 11) is 0. The van der Waals surface area contributed by atoms with Gasteiger partial charge in [-0.3, -0.25) is 0 Å². The molecule has 0 nitrogen and oxygen atoms in total. The van der Waals surface area contributed by atoms with Crippen molar-refractivity contribution in [3.63, 3.8) is 0 Å². The fourth-order valence-electron chi connectivity index (χ4n) is 2.01. The number of unbranched alkanes of at least 4 members (excludes halogenated alkanes) is 4. The third-order valence-electron chi connectivity index (χ3n) is 2.78. The van der Waals surface area contributed by atoms with Gasteiger partial charge in [0, 0.05) is 0 Å².